The molecule has 1 unspecified atom stereocenters. The van der Waals surface area contributed by atoms with Crippen molar-refractivity contribution in [3.05, 3.63) is 24.3 Å². The average Bonchev–Trinajstić information content (AvgIpc) is 2.53. The van der Waals surface area contributed by atoms with E-state index in [1.54, 1.807) is 7.11 Å². The predicted octanol–water partition coefficient (Wildman–Crippen LogP) is 0.187. The van der Waals surface area contributed by atoms with Crippen LogP contribution >= 0.6 is 0 Å². The van der Waals surface area contributed by atoms with Crippen LogP contribution in [0.5, 0.6) is 11.5 Å². The third-order valence-electron chi connectivity index (χ3n) is 3.56. The molecular weight excluding hydrogens is 270 g/mol. The van der Waals surface area contributed by atoms with E-state index in [2.05, 4.69) is 22.4 Å². The minimum absolute atomic E-state index is 0.271. The molecule has 1 aromatic carbocycles. The number of aliphatic hydroxyl groups excluding tert-OH is 1. The highest BCUT2D eigenvalue weighted by Crippen LogP contribution is 2.16. The first-order chi connectivity index (χ1) is 10.2. The summed E-state index contributed by atoms with van der Waals surface area (Å²) in [7, 11) is 3.75. The van der Waals surface area contributed by atoms with Crippen LogP contribution in [-0.2, 0) is 0 Å². The number of ether oxygens (including phenoxy) is 2. The molecule has 21 heavy (non-hydrogen) atoms. The van der Waals surface area contributed by atoms with Gasteiger partial charge in [0.25, 0.3) is 0 Å². The Bertz CT molecular complexity index is 405. The van der Waals surface area contributed by atoms with Gasteiger partial charge in [-0.2, -0.15) is 0 Å². The summed E-state index contributed by atoms with van der Waals surface area (Å²) in [4.78, 5) is 2.29. The van der Waals surface area contributed by atoms with Gasteiger partial charge in [0.05, 0.1) is 7.11 Å². The Hall–Kier alpha value is -1.34. The second-order valence-corrected chi connectivity index (χ2v) is 5.29. The van der Waals surface area contributed by atoms with Crippen LogP contribution in [0, 0.1) is 0 Å². The molecule has 6 nitrogen and oxygen atoms in total. The van der Waals surface area contributed by atoms with E-state index in [1.807, 2.05) is 24.3 Å². The lowest BCUT2D eigenvalue weighted by atomic mass is 10.3. The molecule has 1 aliphatic rings. The van der Waals surface area contributed by atoms with Crippen molar-refractivity contribution in [2.45, 2.75) is 6.10 Å². The predicted molar refractivity (Wildman–Crippen MR) is 81.6 cm³/mol. The summed E-state index contributed by atoms with van der Waals surface area (Å²) in [5.74, 6) is 1.52. The number of rotatable bonds is 7. The highest BCUT2D eigenvalue weighted by Gasteiger charge is 2.14. The number of nitrogens with zero attached hydrogens (tertiary/aromatic N) is 2. The smallest absolute Gasteiger partial charge is 0.119 e. The highest BCUT2D eigenvalue weighted by molar-refractivity contribution is 5.31. The lowest BCUT2D eigenvalue weighted by Crippen LogP contribution is -2.52. The minimum Gasteiger partial charge on any atom is -0.497 e. The van der Waals surface area contributed by atoms with Crippen molar-refractivity contribution in [3.63, 3.8) is 0 Å². The van der Waals surface area contributed by atoms with Gasteiger partial charge >= 0.3 is 0 Å². The zero-order chi connectivity index (χ0) is 15.1. The third-order valence-corrected chi connectivity index (χ3v) is 3.56. The molecule has 0 saturated carbocycles. The maximum atomic E-state index is 9.94. The van der Waals surface area contributed by atoms with E-state index in [1.165, 1.54) is 0 Å². The number of likely N-dealkylation sites (N-methyl/N-ethyl adjacent to an activating group) is 1. The van der Waals surface area contributed by atoms with Crippen molar-refractivity contribution in [1.82, 2.24) is 15.3 Å². The van der Waals surface area contributed by atoms with Crippen molar-refractivity contribution in [3.8, 4) is 11.5 Å². The second-order valence-electron chi connectivity index (χ2n) is 5.29. The van der Waals surface area contributed by atoms with Crippen molar-refractivity contribution in [1.29, 1.82) is 0 Å². The molecule has 0 amide bonds. The van der Waals surface area contributed by atoms with Crippen molar-refractivity contribution >= 4 is 0 Å². The van der Waals surface area contributed by atoms with Gasteiger partial charge < -0.3 is 19.5 Å². The van der Waals surface area contributed by atoms with Crippen molar-refractivity contribution in [2.24, 2.45) is 0 Å². The molecule has 0 aromatic heterocycles. The molecule has 2 N–H and O–H groups in total. The normalized spacial score (nSPS) is 18.4. The zero-order valence-electron chi connectivity index (χ0n) is 12.8. The summed E-state index contributed by atoms with van der Waals surface area (Å²) in [6.45, 7) is 4.81. The summed E-state index contributed by atoms with van der Waals surface area (Å²) in [6, 6.07) is 7.34. The lowest BCUT2D eigenvalue weighted by Gasteiger charge is -2.33. The molecule has 0 bridgehead atoms. The SMILES string of the molecule is COc1ccc(OCC(O)CNN2CCN(C)CC2)cc1. The Balaban J connectivity index is 1.63. The molecule has 1 fully saturated rings. The number of benzene rings is 1. The summed E-state index contributed by atoms with van der Waals surface area (Å²) < 4.78 is 10.6. The van der Waals surface area contributed by atoms with Gasteiger partial charge in [0, 0.05) is 32.7 Å². The summed E-state index contributed by atoms with van der Waals surface area (Å²) in [5.41, 5.74) is 3.25. The fourth-order valence-electron chi connectivity index (χ4n) is 2.12. The van der Waals surface area contributed by atoms with E-state index in [-0.39, 0.29) is 6.61 Å². The Labute approximate surface area is 126 Å². The third kappa shape index (κ3) is 5.51. The zero-order valence-corrected chi connectivity index (χ0v) is 12.8. The van der Waals surface area contributed by atoms with Crippen LogP contribution in [0.3, 0.4) is 0 Å². The molecule has 2 rings (SSSR count). The molecule has 1 atom stereocenters. The molecule has 118 valence electrons. The van der Waals surface area contributed by atoms with Gasteiger partial charge in [-0.05, 0) is 31.3 Å². The summed E-state index contributed by atoms with van der Waals surface area (Å²) >= 11 is 0. The molecule has 0 radical (unpaired) electrons. The standard InChI is InChI=1S/C15H25N3O3/c1-17-7-9-18(10-8-17)16-11-13(19)12-21-15-5-3-14(20-2)4-6-15/h3-6,13,16,19H,7-12H2,1-2H3. The molecule has 1 saturated heterocycles. The number of methoxy groups -OCH3 is 1. The van der Waals surface area contributed by atoms with Gasteiger partial charge in [-0.1, -0.05) is 0 Å². The van der Waals surface area contributed by atoms with Gasteiger partial charge in [-0.15, -0.1) is 0 Å². The van der Waals surface area contributed by atoms with E-state index < -0.39 is 6.10 Å². The number of aliphatic hydroxyl groups is 1. The van der Waals surface area contributed by atoms with E-state index >= 15 is 0 Å². The van der Waals surface area contributed by atoms with Gasteiger partial charge in [-0.25, -0.2) is 5.01 Å². The minimum atomic E-state index is -0.535. The van der Waals surface area contributed by atoms with Gasteiger partial charge in [0.15, 0.2) is 0 Å². The number of piperazine rings is 1. The van der Waals surface area contributed by atoms with E-state index in [4.69, 9.17) is 9.47 Å². The van der Waals surface area contributed by atoms with Crippen LogP contribution in [0.15, 0.2) is 24.3 Å². The van der Waals surface area contributed by atoms with Crippen LogP contribution in [-0.4, -0.2) is 74.6 Å². The molecule has 6 heteroatoms. The van der Waals surface area contributed by atoms with E-state index in [9.17, 15) is 5.11 Å². The molecule has 0 spiro atoms. The van der Waals surface area contributed by atoms with Crippen LogP contribution < -0.4 is 14.9 Å². The largest absolute Gasteiger partial charge is 0.497 e. The second kappa shape index (κ2) is 8.19. The fourth-order valence-corrected chi connectivity index (χ4v) is 2.12. The highest BCUT2D eigenvalue weighted by atomic mass is 16.5. The van der Waals surface area contributed by atoms with E-state index in [0.717, 1.165) is 37.7 Å². The Morgan fingerprint density at radius 1 is 1.14 bits per heavy atom. The van der Waals surface area contributed by atoms with Gasteiger partial charge in [0.2, 0.25) is 0 Å². The molecule has 0 aliphatic carbocycles. The van der Waals surface area contributed by atoms with Crippen LogP contribution in [0.2, 0.25) is 0 Å². The number of nitrogens with one attached hydrogen (secondary N) is 1. The molecule has 1 aromatic rings. The molecular formula is C15H25N3O3. The van der Waals surface area contributed by atoms with Crippen LogP contribution in [0.1, 0.15) is 0 Å². The van der Waals surface area contributed by atoms with E-state index in [0.29, 0.717) is 6.54 Å². The number of hydrogen-bond acceptors (Lipinski definition) is 6. The maximum absolute atomic E-state index is 9.94. The number of hydrogen-bond donors (Lipinski definition) is 2. The first-order valence-corrected chi connectivity index (χ1v) is 7.29. The summed E-state index contributed by atoms with van der Waals surface area (Å²) in [5, 5.41) is 12.1. The van der Waals surface area contributed by atoms with Gasteiger partial charge in [0.1, 0.15) is 24.2 Å². The van der Waals surface area contributed by atoms with Crippen molar-refractivity contribution in [2.75, 3.05) is 53.5 Å². The fraction of sp³-hybridized carbons (Fsp3) is 0.600. The Morgan fingerprint density at radius 3 is 2.38 bits per heavy atom. The first kappa shape index (κ1) is 16.0. The Kier molecular flexibility index (Phi) is 6.25. The lowest BCUT2D eigenvalue weighted by molar-refractivity contribution is 0.0548. The van der Waals surface area contributed by atoms with Gasteiger partial charge in [-0.3, -0.25) is 5.43 Å². The average molecular weight is 295 g/mol. The first-order valence-electron chi connectivity index (χ1n) is 7.29. The maximum Gasteiger partial charge on any atom is 0.119 e. The monoisotopic (exact) mass is 295 g/mol. The molecule has 1 aliphatic heterocycles. The summed E-state index contributed by atoms with van der Waals surface area (Å²) in [6.07, 6.45) is -0.535. The Morgan fingerprint density at radius 2 is 1.76 bits per heavy atom. The molecule has 1 heterocycles. The quantitative estimate of drug-likeness (QED) is 0.749. The number of hydrazine groups is 1. The van der Waals surface area contributed by atoms with Crippen LogP contribution in [0.25, 0.3) is 0 Å². The topological polar surface area (TPSA) is 57.2 Å². The van der Waals surface area contributed by atoms with Crippen molar-refractivity contribution < 1.29 is 14.6 Å². The van der Waals surface area contributed by atoms with Crippen LogP contribution in [0.4, 0.5) is 0 Å².